The third kappa shape index (κ3) is 2.71. The molecule has 0 fully saturated rings. The zero-order valence-electron chi connectivity index (χ0n) is 11.3. The molecule has 2 aromatic heterocycles. The maximum atomic E-state index is 12.1. The molecule has 21 heavy (non-hydrogen) atoms. The molecule has 1 unspecified atom stereocenters. The van der Waals surface area contributed by atoms with Crippen molar-refractivity contribution in [3.8, 4) is 0 Å². The molecule has 0 aliphatic rings. The van der Waals surface area contributed by atoms with Crippen molar-refractivity contribution in [3.63, 3.8) is 0 Å². The number of methoxy groups -OCH3 is 1. The lowest BCUT2D eigenvalue weighted by Gasteiger charge is -2.17. The smallest absolute Gasteiger partial charge is 0.333 e. The Hall–Kier alpha value is -2.47. The molecule has 3 rings (SSSR count). The van der Waals surface area contributed by atoms with Gasteiger partial charge < -0.3 is 10.1 Å². The van der Waals surface area contributed by atoms with Crippen LogP contribution in [0, 0.1) is 0 Å². The van der Waals surface area contributed by atoms with Gasteiger partial charge in [-0.2, -0.15) is 0 Å². The van der Waals surface area contributed by atoms with Gasteiger partial charge in [0, 0.05) is 0 Å². The van der Waals surface area contributed by atoms with E-state index in [-0.39, 0.29) is 5.97 Å². The number of thiophene rings is 1. The van der Waals surface area contributed by atoms with Crippen LogP contribution in [-0.4, -0.2) is 23.0 Å². The van der Waals surface area contributed by atoms with Crippen LogP contribution in [0.1, 0.15) is 11.6 Å². The summed E-state index contributed by atoms with van der Waals surface area (Å²) in [6, 6.07) is 10.7. The molecule has 0 saturated carbocycles. The van der Waals surface area contributed by atoms with E-state index in [9.17, 15) is 4.79 Å². The quantitative estimate of drug-likeness (QED) is 0.750. The van der Waals surface area contributed by atoms with Gasteiger partial charge in [-0.25, -0.2) is 14.8 Å². The van der Waals surface area contributed by atoms with Crippen molar-refractivity contribution in [2.24, 2.45) is 0 Å². The summed E-state index contributed by atoms with van der Waals surface area (Å²) in [7, 11) is 1.38. The second-order valence-corrected chi connectivity index (χ2v) is 5.28. The van der Waals surface area contributed by atoms with Gasteiger partial charge in [-0.1, -0.05) is 30.3 Å². The molecule has 0 radical (unpaired) electrons. The molecule has 6 heteroatoms. The number of nitrogens with one attached hydrogen (secondary N) is 1. The third-order valence-electron chi connectivity index (χ3n) is 3.09. The highest BCUT2D eigenvalue weighted by atomic mass is 32.1. The van der Waals surface area contributed by atoms with Crippen molar-refractivity contribution in [1.82, 2.24) is 9.97 Å². The molecule has 2 heterocycles. The Morgan fingerprint density at radius 3 is 2.81 bits per heavy atom. The summed E-state index contributed by atoms with van der Waals surface area (Å²) in [6.45, 7) is 0. The molecule has 0 saturated heterocycles. The minimum absolute atomic E-state index is 0.357. The van der Waals surface area contributed by atoms with Crippen LogP contribution < -0.4 is 5.32 Å². The number of fused-ring (bicyclic) bond motifs is 1. The van der Waals surface area contributed by atoms with E-state index < -0.39 is 6.04 Å². The number of aromatic nitrogens is 2. The lowest BCUT2D eigenvalue weighted by Crippen LogP contribution is -2.22. The summed E-state index contributed by atoms with van der Waals surface area (Å²) in [5, 5.41) is 5.10. The van der Waals surface area contributed by atoms with Crippen molar-refractivity contribution < 1.29 is 9.53 Å². The average molecular weight is 299 g/mol. The average Bonchev–Trinajstić information content (AvgIpc) is 3.02. The predicted molar refractivity (Wildman–Crippen MR) is 82.2 cm³/mol. The lowest BCUT2D eigenvalue weighted by molar-refractivity contribution is -0.141. The SMILES string of the molecule is COC(=O)C(Nc1ncnc2ccsc12)c1ccccc1. The number of esters is 1. The number of anilines is 1. The normalized spacial score (nSPS) is 12.0. The van der Waals surface area contributed by atoms with Crippen LogP contribution in [0.3, 0.4) is 0 Å². The van der Waals surface area contributed by atoms with Crippen LogP contribution in [0.2, 0.25) is 0 Å². The summed E-state index contributed by atoms with van der Waals surface area (Å²) >= 11 is 1.53. The standard InChI is InChI=1S/C15H13N3O2S/c1-20-15(19)12(10-5-3-2-4-6-10)18-14-13-11(7-8-21-13)16-9-17-14/h2-9,12H,1H3,(H,16,17,18). The summed E-state index contributed by atoms with van der Waals surface area (Å²) in [6.07, 6.45) is 1.48. The van der Waals surface area contributed by atoms with Crippen LogP contribution >= 0.6 is 11.3 Å². The summed E-state index contributed by atoms with van der Waals surface area (Å²) < 4.78 is 5.81. The lowest BCUT2D eigenvalue weighted by atomic mass is 10.1. The second-order valence-electron chi connectivity index (χ2n) is 4.37. The van der Waals surface area contributed by atoms with E-state index in [4.69, 9.17) is 4.74 Å². The van der Waals surface area contributed by atoms with E-state index in [2.05, 4.69) is 15.3 Å². The van der Waals surface area contributed by atoms with E-state index >= 15 is 0 Å². The first-order valence-electron chi connectivity index (χ1n) is 6.37. The highest BCUT2D eigenvalue weighted by Crippen LogP contribution is 2.28. The fourth-order valence-electron chi connectivity index (χ4n) is 2.07. The number of ether oxygens (including phenoxy) is 1. The largest absolute Gasteiger partial charge is 0.467 e. The molecule has 106 valence electrons. The Kier molecular flexibility index (Phi) is 3.79. The van der Waals surface area contributed by atoms with Gasteiger partial charge >= 0.3 is 5.97 Å². The van der Waals surface area contributed by atoms with Gasteiger partial charge in [-0.05, 0) is 17.0 Å². The van der Waals surface area contributed by atoms with E-state index in [1.165, 1.54) is 24.8 Å². The first kappa shape index (κ1) is 13.5. The van der Waals surface area contributed by atoms with Gasteiger partial charge in [0.15, 0.2) is 6.04 Å². The molecular weight excluding hydrogens is 286 g/mol. The molecule has 0 bridgehead atoms. The third-order valence-corrected chi connectivity index (χ3v) is 4.00. The number of nitrogens with zero attached hydrogens (tertiary/aromatic N) is 2. The fourth-order valence-corrected chi connectivity index (χ4v) is 2.87. The van der Waals surface area contributed by atoms with Gasteiger partial charge in [0.1, 0.15) is 12.1 Å². The van der Waals surface area contributed by atoms with Crippen LogP contribution in [0.4, 0.5) is 5.82 Å². The highest BCUT2D eigenvalue weighted by Gasteiger charge is 2.22. The molecule has 1 aromatic carbocycles. The van der Waals surface area contributed by atoms with Crippen molar-refractivity contribution in [3.05, 3.63) is 53.7 Å². The van der Waals surface area contributed by atoms with Gasteiger partial charge in [-0.3, -0.25) is 0 Å². The Morgan fingerprint density at radius 2 is 2.05 bits per heavy atom. The van der Waals surface area contributed by atoms with E-state index in [1.54, 1.807) is 0 Å². The number of rotatable bonds is 4. The fraction of sp³-hybridized carbons (Fsp3) is 0.133. The summed E-state index contributed by atoms with van der Waals surface area (Å²) in [4.78, 5) is 20.5. The molecule has 5 nitrogen and oxygen atoms in total. The molecule has 0 aliphatic carbocycles. The number of benzene rings is 1. The Morgan fingerprint density at radius 1 is 1.24 bits per heavy atom. The van der Waals surface area contributed by atoms with Crippen LogP contribution in [-0.2, 0) is 9.53 Å². The van der Waals surface area contributed by atoms with Gasteiger partial charge in [0.2, 0.25) is 0 Å². The number of hydrogen-bond donors (Lipinski definition) is 1. The van der Waals surface area contributed by atoms with Gasteiger partial charge in [0.25, 0.3) is 0 Å². The first-order chi connectivity index (χ1) is 10.3. The van der Waals surface area contributed by atoms with Crippen molar-refractivity contribution >= 4 is 33.3 Å². The molecule has 0 amide bonds. The van der Waals surface area contributed by atoms with Crippen LogP contribution in [0.25, 0.3) is 10.2 Å². The van der Waals surface area contributed by atoms with Crippen LogP contribution in [0.15, 0.2) is 48.1 Å². The Bertz CT molecular complexity index is 758. The molecule has 0 aliphatic heterocycles. The maximum absolute atomic E-state index is 12.1. The van der Waals surface area contributed by atoms with E-state index in [1.807, 2.05) is 41.8 Å². The zero-order chi connectivity index (χ0) is 14.7. The molecule has 3 aromatic rings. The molecular formula is C15H13N3O2S. The first-order valence-corrected chi connectivity index (χ1v) is 7.25. The second kappa shape index (κ2) is 5.88. The van der Waals surface area contributed by atoms with Crippen molar-refractivity contribution in [1.29, 1.82) is 0 Å². The number of carbonyl (C=O) groups is 1. The zero-order valence-corrected chi connectivity index (χ0v) is 12.1. The summed E-state index contributed by atoms with van der Waals surface area (Å²) in [5.74, 6) is 0.277. The maximum Gasteiger partial charge on any atom is 0.333 e. The summed E-state index contributed by atoms with van der Waals surface area (Å²) in [5.41, 5.74) is 1.68. The minimum Gasteiger partial charge on any atom is -0.467 e. The topological polar surface area (TPSA) is 64.1 Å². The Labute approximate surface area is 125 Å². The highest BCUT2D eigenvalue weighted by molar-refractivity contribution is 7.17. The van der Waals surface area contributed by atoms with E-state index in [0.29, 0.717) is 5.82 Å². The van der Waals surface area contributed by atoms with Crippen molar-refractivity contribution in [2.75, 3.05) is 12.4 Å². The number of hydrogen-bond acceptors (Lipinski definition) is 6. The molecule has 1 N–H and O–H groups in total. The molecule has 0 spiro atoms. The number of carbonyl (C=O) groups excluding carboxylic acids is 1. The minimum atomic E-state index is -0.601. The monoisotopic (exact) mass is 299 g/mol. The van der Waals surface area contributed by atoms with Crippen LogP contribution in [0.5, 0.6) is 0 Å². The molecule has 1 atom stereocenters. The van der Waals surface area contributed by atoms with E-state index in [0.717, 1.165) is 15.8 Å². The van der Waals surface area contributed by atoms with Gasteiger partial charge in [-0.15, -0.1) is 11.3 Å². The Balaban J connectivity index is 1.99. The van der Waals surface area contributed by atoms with Gasteiger partial charge in [0.05, 0.1) is 17.3 Å². The van der Waals surface area contributed by atoms with Crippen molar-refractivity contribution in [2.45, 2.75) is 6.04 Å². The predicted octanol–water partition coefficient (Wildman–Crippen LogP) is 3.02.